The van der Waals surface area contributed by atoms with Crippen molar-refractivity contribution >= 4 is 0 Å². The van der Waals surface area contributed by atoms with Crippen LogP contribution in [0.2, 0.25) is 0 Å². The Morgan fingerprint density at radius 3 is 1.61 bits per heavy atom. The largest absolute Gasteiger partial charge is 0.505 e. The van der Waals surface area contributed by atoms with E-state index in [-0.39, 0.29) is 25.7 Å². The van der Waals surface area contributed by atoms with Crippen molar-refractivity contribution in [1.82, 2.24) is 0 Å². The van der Waals surface area contributed by atoms with Crippen LogP contribution in [0.4, 0.5) is 30.7 Å². The molecule has 2 saturated carbocycles. The van der Waals surface area contributed by atoms with Gasteiger partial charge in [0.1, 0.15) is 0 Å². The van der Waals surface area contributed by atoms with Gasteiger partial charge >= 0.3 is 12.4 Å². The monoisotopic (exact) mass is 342 g/mol. The maximum Gasteiger partial charge on any atom is 0.398 e. The van der Waals surface area contributed by atoms with Gasteiger partial charge in [0.25, 0.3) is 0 Å². The molecule has 0 amide bonds. The first-order chi connectivity index (χ1) is 10.4. The van der Waals surface area contributed by atoms with Crippen LogP contribution in [0.3, 0.4) is 0 Å². The third kappa shape index (κ3) is 2.06. The third-order valence-corrected chi connectivity index (χ3v) is 5.10. The van der Waals surface area contributed by atoms with Crippen molar-refractivity contribution in [3.63, 3.8) is 0 Å². The van der Waals surface area contributed by atoms with E-state index in [4.69, 9.17) is 0 Å². The van der Waals surface area contributed by atoms with Gasteiger partial charge in [0.2, 0.25) is 0 Å². The molecule has 1 aromatic rings. The van der Waals surface area contributed by atoms with Gasteiger partial charge in [0.05, 0.1) is 10.8 Å². The van der Waals surface area contributed by atoms with E-state index in [9.17, 15) is 35.8 Å². The molecule has 0 aromatic heterocycles. The number of benzene rings is 1. The van der Waals surface area contributed by atoms with Crippen LogP contribution in [0.1, 0.15) is 42.4 Å². The van der Waals surface area contributed by atoms with Gasteiger partial charge in [-0.15, -0.1) is 0 Å². The van der Waals surface area contributed by atoms with E-state index in [1.807, 2.05) is 0 Å². The number of hydrogen-bond acceptors (Lipinski definition) is 1. The normalized spacial score (nSPS) is 22.1. The Hall–Kier alpha value is -1.47. The molecule has 8 heteroatoms. The van der Waals surface area contributed by atoms with Crippen LogP contribution in [0.15, 0.2) is 6.07 Å². The molecule has 3 rings (SSSR count). The van der Waals surface area contributed by atoms with E-state index in [1.54, 1.807) is 0 Å². The molecule has 1 aromatic carbocycles. The van der Waals surface area contributed by atoms with Gasteiger partial charge in [-0.3, -0.25) is 0 Å². The third-order valence-electron chi connectivity index (χ3n) is 5.10. The smallest absolute Gasteiger partial charge is 0.398 e. The van der Waals surface area contributed by atoms with Crippen molar-refractivity contribution < 1.29 is 35.8 Å². The molecule has 0 atom stereocenters. The molecule has 1 nitrogen and oxygen atoms in total. The number of hydrogen-bond donors (Lipinski definition) is 1. The predicted molar refractivity (Wildman–Crippen MR) is 66.7 cm³/mol. The summed E-state index contributed by atoms with van der Waals surface area (Å²) < 4.78 is 93.6. The Bertz CT molecular complexity index is 610. The molecule has 128 valence electrons. The van der Waals surface area contributed by atoms with E-state index >= 15 is 0 Å². The number of rotatable bonds is 2. The molecule has 0 saturated heterocycles. The molecule has 23 heavy (non-hydrogen) atoms. The molecule has 1 N–H and O–H groups in total. The molecule has 0 aliphatic heterocycles. The summed E-state index contributed by atoms with van der Waals surface area (Å²) in [7, 11) is 0. The second-order valence-corrected chi connectivity index (χ2v) is 6.42. The minimum Gasteiger partial charge on any atom is -0.505 e. The van der Waals surface area contributed by atoms with E-state index in [0.29, 0.717) is 6.07 Å². The van der Waals surface area contributed by atoms with Crippen molar-refractivity contribution in [3.8, 4) is 5.75 Å². The molecule has 0 bridgehead atoms. The zero-order valence-electron chi connectivity index (χ0n) is 12.0. The quantitative estimate of drug-likeness (QED) is 0.748. The fourth-order valence-corrected chi connectivity index (χ4v) is 3.26. The standard InChI is InChI=1S/C15H13F7O/c1-7-8(12(2-3-12)14(17,18)19)6-9(11(23)10(7)16)13(4-5-13)15(20,21)22/h6,23H,2-5H2,1H3. The van der Waals surface area contributed by atoms with Gasteiger partial charge in [-0.25, -0.2) is 4.39 Å². The van der Waals surface area contributed by atoms with E-state index in [2.05, 4.69) is 0 Å². The summed E-state index contributed by atoms with van der Waals surface area (Å²) in [4.78, 5) is 0. The Balaban J connectivity index is 2.22. The molecular weight excluding hydrogens is 329 g/mol. The Morgan fingerprint density at radius 1 is 0.870 bits per heavy atom. The molecule has 2 aliphatic rings. The molecular formula is C15H13F7O. The second kappa shape index (κ2) is 4.33. The minimum atomic E-state index is -4.75. The lowest BCUT2D eigenvalue weighted by Gasteiger charge is -2.26. The second-order valence-electron chi connectivity index (χ2n) is 6.42. The lowest BCUT2D eigenvalue weighted by molar-refractivity contribution is -0.162. The SMILES string of the molecule is Cc1c(C2(C(F)(F)F)CC2)cc(C2(C(F)(F)F)CC2)c(O)c1F. The van der Waals surface area contributed by atoms with Crippen LogP contribution in [-0.2, 0) is 10.8 Å². The lowest BCUT2D eigenvalue weighted by Crippen LogP contribution is -2.32. The zero-order chi connectivity index (χ0) is 17.4. The van der Waals surface area contributed by atoms with Crippen LogP contribution in [0, 0.1) is 12.7 Å². The maximum atomic E-state index is 14.2. The van der Waals surface area contributed by atoms with E-state index < -0.39 is 51.4 Å². The summed E-state index contributed by atoms with van der Waals surface area (Å²) in [5, 5.41) is 9.77. The molecule has 2 aliphatic carbocycles. The number of halogens is 7. The molecule has 0 spiro atoms. The van der Waals surface area contributed by atoms with Gasteiger partial charge in [-0.2, -0.15) is 26.3 Å². The van der Waals surface area contributed by atoms with Crippen LogP contribution in [0.25, 0.3) is 0 Å². The average Bonchev–Trinajstić information content (AvgIpc) is 3.24. The van der Waals surface area contributed by atoms with Crippen molar-refractivity contribution in [2.45, 2.75) is 55.8 Å². The molecule has 0 heterocycles. The molecule has 0 unspecified atom stereocenters. The fraction of sp³-hybridized carbons (Fsp3) is 0.600. The number of phenols is 1. The lowest BCUT2D eigenvalue weighted by atomic mass is 9.84. The van der Waals surface area contributed by atoms with E-state index in [1.165, 1.54) is 0 Å². The average molecular weight is 342 g/mol. The summed E-state index contributed by atoms with van der Waals surface area (Å²) in [5.41, 5.74) is -6.46. The predicted octanol–water partition coefficient (Wildman–Crippen LogP) is 5.03. The van der Waals surface area contributed by atoms with Crippen LogP contribution in [-0.4, -0.2) is 17.5 Å². The molecule has 2 fully saturated rings. The van der Waals surface area contributed by atoms with Gasteiger partial charge in [0, 0.05) is 5.56 Å². The van der Waals surface area contributed by atoms with Crippen molar-refractivity contribution in [2.75, 3.05) is 0 Å². The molecule has 0 radical (unpaired) electrons. The summed E-state index contributed by atoms with van der Waals surface area (Å²) >= 11 is 0. The summed E-state index contributed by atoms with van der Waals surface area (Å²) in [6, 6.07) is 0.717. The van der Waals surface area contributed by atoms with Crippen molar-refractivity contribution in [2.24, 2.45) is 0 Å². The van der Waals surface area contributed by atoms with Crippen LogP contribution < -0.4 is 0 Å². The topological polar surface area (TPSA) is 20.2 Å². The first-order valence-electron chi connectivity index (χ1n) is 7.04. The van der Waals surface area contributed by atoms with Gasteiger partial charge in [-0.1, -0.05) is 0 Å². The summed E-state index contributed by atoms with van der Waals surface area (Å²) in [5.74, 6) is -2.59. The van der Waals surface area contributed by atoms with Gasteiger partial charge in [-0.05, 0) is 49.8 Å². The Morgan fingerprint density at radius 2 is 1.26 bits per heavy atom. The van der Waals surface area contributed by atoms with Gasteiger partial charge < -0.3 is 5.11 Å². The number of aromatic hydroxyl groups is 1. The van der Waals surface area contributed by atoms with Crippen LogP contribution >= 0.6 is 0 Å². The van der Waals surface area contributed by atoms with E-state index in [0.717, 1.165) is 6.92 Å². The zero-order valence-corrected chi connectivity index (χ0v) is 12.0. The highest BCUT2D eigenvalue weighted by Crippen LogP contribution is 2.64. The fourth-order valence-electron chi connectivity index (χ4n) is 3.26. The van der Waals surface area contributed by atoms with Crippen LogP contribution in [0.5, 0.6) is 5.75 Å². The number of alkyl halides is 6. The highest BCUT2D eigenvalue weighted by molar-refractivity contribution is 5.54. The number of phenolic OH excluding ortho intramolecular Hbond substituents is 1. The van der Waals surface area contributed by atoms with Crippen molar-refractivity contribution in [3.05, 3.63) is 28.6 Å². The van der Waals surface area contributed by atoms with Crippen molar-refractivity contribution in [1.29, 1.82) is 0 Å². The van der Waals surface area contributed by atoms with Gasteiger partial charge in [0.15, 0.2) is 11.6 Å². The first-order valence-corrected chi connectivity index (χ1v) is 7.04. The Labute approximate surface area is 127 Å². The minimum absolute atomic E-state index is 0.292. The summed E-state index contributed by atoms with van der Waals surface area (Å²) in [6.45, 7) is 1.05. The maximum absolute atomic E-state index is 14.2. The first kappa shape index (κ1) is 16.4. The Kier molecular flexibility index (Phi) is 3.08. The summed E-state index contributed by atoms with van der Waals surface area (Å²) in [6.07, 6.45) is -10.7. The highest BCUT2D eigenvalue weighted by Gasteiger charge is 2.68. The highest BCUT2D eigenvalue weighted by atomic mass is 19.4.